The van der Waals surface area contributed by atoms with Gasteiger partial charge in [0.05, 0.1) is 12.6 Å². The molecule has 2 unspecified atom stereocenters. The van der Waals surface area contributed by atoms with Crippen molar-refractivity contribution in [1.82, 2.24) is 10.6 Å². The minimum Gasteiger partial charge on any atom is -0.493 e. The van der Waals surface area contributed by atoms with Gasteiger partial charge in [-0.3, -0.25) is 14.4 Å². The Bertz CT molecular complexity index is 979. The lowest BCUT2D eigenvalue weighted by atomic mass is 9.87. The number of carbonyl (C=O) groups is 3. The number of rotatable bonds is 6. The average molecular weight is 439 g/mol. The van der Waals surface area contributed by atoms with Crippen LogP contribution in [0.3, 0.4) is 0 Å². The fourth-order valence-electron chi connectivity index (χ4n) is 3.45. The van der Waals surface area contributed by atoms with Crippen molar-refractivity contribution in [3.05, 3.63) is 65.2 Å². The lowest BCUT2D eigenvalue weighted by Gasteiger charge is -2.27. The highest BCUT2D eigenvalue weighted by Gasteiger charge is 2.26. The van der Waals surface area contributed by atoms with Crippen molar-refractivity contribution in [2.45, 2.75) is 51.7 Å². The van der Waals surface area contributed by atoms with E-state index in [4.69, 9.17) is 9.47 Å². The van der Waals surface area contributed by atoms with Crippen molar-refractivity contribution in [2.24, 2.45) is 0 Å². The molecule has 7 nitrogen and oxygen atoms in total. The maximum Gasteiger partial charge on any atom is 0.326 e. The maximum absolute atomic E-state index is 12.5. The van der Waals surface area contributed by atoms with Crippen LogP contribution in [-0.2, 0) is 19.7 Å². The quantitative estimate of drug-likeness (QED) is 0.675. The Morgan fingerprint density at radius 1 is 1.09 bits per heavy atom. The zero-order chi connectivity index (χ0) is 23.3. The molecule has 0 saturated carbocycles. The van der Waals surface area contributed by atoms with Crippen molar-refractivity contribution >= 4 is 17.8 Å². The topological polar surface area (TPSA) is 93.7 Å². The second-order valence-corrected chi connectivity index (χ2v) is 8.88. The summed E-state index contributed by atoms with van der Waals surface area (Å²) in [7, 11) is 0. The molecule has 0 saturated heterocycles. The molecular weight excluding hydrogens is 408 g/mol. The lowest BCUT2D eigenvalue weighted by Crippen LogP contribution is -2.41. The van der Waals surface area contributed by atoms with Crippen LogP contribution in [0.4, 0.5) is 0 Å². The molecule has 2 aromatic rings. The van der Waals surface area contributed by atoms with E-state index in [0.717, 1.165) is 16.9 Å². The van der Waals surface area contributed by atoms with Gasteiger partial charge in [0.25, 0.3) is 11.8 Å². The Hall–Kier alpha value is -3.35. The summed E-state index contributed by atoms with van der Waals surface area (Å²) in [6, 6.07) is 14.6. The molecule has 0 radical (unpaired) electrons. The molecule has 0 bridgehead atoms. The number of nitrogens with one attached hydrogen (secondary N) is 2. The number of para-hydroxylation sites is 1. The lowest BCUT2D eigenvalue weighted by molar-refractivity contribution is -0.154. The number of hydrogen-bond acceptors (Lipinski definition) is 5. The molecule has 0 spiro atoms. The van der Waals surface area contributed by atoms with Crippen LogP contribution in [0.2, 0.25) is 0 Å². The third-order valence-electron chi connectivity index (χ3n) is 5.36. The molecule has 7 heteroatoms. The van der Waals surface area contributed by atoms with Crippen LogP contribution < -0.4 is 15.4 Å². The fourth-order valence-corrected chi connectivity index (χ4v) is 3.45. The van der Waals surface area contributed by atoms with Gasteiger partial charge in [0.15, 0.2) is 6.10 Å². The van der Waals surface area contributed by atoms with Gasteiger partial charge in [0, 0.05) is 17.5 Å². The SMILES string of the molecule is CC(OC(=O)CNC(=O)c1ccc(C(C)(C)C)cc1)C(=O)NC1CCOc2ccccc21. The summed E-state index contributed by atoms with van der Waals surface area (Å²) in [5.74, 6) is -0.714. The molecule has 32 heavy (non-hydrogen) atoms. The second-order valence-electron chi connectivity index (χ2n) is 8.88. The first-order chi connectivity index (χ1) is 15.1. The maximum atomic E-state index is 12.5. The van der Waals surface area contributed by atoms with E-state index in [1.165, 1.54) is 6.92 Å². The van der Waals surface area contributed by atoms with E-state index < -0.39 is 18.0 Å². The number of carbonyl (C=O) groups excluding carboxylic acids is 3. The van der Waals surface area contributed by atoms with Crippen LogP contribution in [-0.4, -0.2) is 37.0 Å². The summed E-state index contributed by atoms with van der Waals surface area (Å²) < 4.78 is 10.8. The van der Waals surface area contributed by atoms with E-state index in [-0.39, 0.29) is 23.9 Å². The number of esters is 1. The van der Waals surface area contributed by atoms with Crippen LogP contribution in [0.25, 0.3) is 0 Å². The fraction of sp³-hybridized carbons (Fsp3) is 0.400. The van der Waals surface area contributed by atoms with E-state index in [9.17, 15) is 14.4 Å². The smallest absolute Gasteiger partial charge is 0.326 e. The van der Waals surface area contributed by atoms with Crippen molar-refractivity contribution < 1.29 is 23.9 Å². The number of ether oxygens (including phenoxy) is 2. The standard InChI is InChI=1S/C25H30N2O5/c1-16(23(29)27-20-13-14-31-21-8-6-5-7-19(20)21)32-22(28)15-26-24(30)17-9-11-18(12-10-17)25(2,3)4/h5-12,16,20H,13-15H2,1-4H3,(H,26,30)(H,27,29). The Labute approximate surface area is 188 Å². The average Bonchev–Trinajstić information content (AvgIpc) is 2.77. The Morgan fingerprint density at radius 3 is 2.47 bits per heavy atom. The summed E-state index contributed by atoms with van der Waals surface area (Å²) in [5, 5.41) is 5.44. The first kappa shape index (κ1) is 23.3. The molecule has 1 aliphatic rings. The first-order valence-corrected chi connectivity index (χ1v) is 10.8. The van der Waals surface area contributed by atoms with Gasteiger partial charge in [-0.1, -0.05) is 51.1 Å². The minimum absolute atomic E-state index is 0.0117. The van der Waals surface area contributed by atoms with Crippen molar-refractivity contribution in [3.8, 4) is 5.75 Å². The summed E-state index contributed by atoms with van der Waals surface area (Å²) in [4.78, 5) is 36.9. The Balaban J connectivity index is 1.47. The molecule has 1 aliphatic heterocycles. The molecule has 0 aromatic heterocycles. The van der Waals surface area contributed by atoms with Gasteiger partial charge in [-0.05, 0) is 36.1 Å². The first-order valence-electron chi connectivity index (χ1n) is 10.8. The number of fused-ring (bicyclic) bond motifs is 1. The highest BCUT2D eigenvalue weighted by atomic mass is 16.5. The molecular formula is C25H30N2O5. The van der Waals surface area contributed by atoms with Gasteiger partial charge in [-0.15, -0.1) is 0 Å². The number of benzene rings is 2. The van der Waals surface area contributed by atoms with E-state index in [2.05, 4.69) is 31.4 Å². The summed E-state index contributed by atoms with van der Waals surface area (Å²) in [5.41, 5.74) is 2.45. The molecule has 2 atom stereocenters. The summed E-state index contributed by atoms with van der Waals surface area (Å²) in [6.07, 6.45) is -0.353. The molecule has 2 amide bonds. The second kappa shape index (κ2) is 9.85. The van der Waals surface area contributed by atoms with Gasteiger partial charge in [-0.25, -0.2) is 0 Å². The molecule has 0 aliphatic carbocycles. The molecule has 2 N–H and O–H groups in total. The van der Waals surface area contributed by atoms with E-state index >= 15 is 0 Å². The van der Waals surface area contributed by atoms with Crippen LogP contribution >= 0.6 is 0 Å². The molecule has 3 rings (SSSR count). The highest BCUT2D eigenvalue weighted by molar-refractivity contribution is 5.96. The van der Waals surface area contributed by atoms with Gasteiger partial charge >= 0.3 is 5.97 Å². The van der Waals surface area contributed by atoms with Crippen LogP contribution in [0.5, 0.6) is 5.75 Å². The zero-order valence-corrected chi connectivity index (χ0v) is 18.9. The van der Waals surface area contributed by atoms with Crippen molar-refractivity contribution in [2.75, 3.05) is 13.2 Å². The molecule has 170 valence electrons. The predicted molar refractivity (Wildman–Crippen MR) is 120 cm³/mol. The van der Waals surface area contributed by atoms with Crippen LogP contribution in [0, 0.1) is 0 Å². The zero-order valence-electron chi connectivity index (χ0n) is 18.9. The normalized spacial score (nSPS) is 16.2. The number of amides is 2. The van der Waals surface area contributed by atoms with Crippen LogP contribution in [0.15, 0.2) is 48.5 Å². The van der Waals surface area contributed by atoms with E-state index in [1.807, 2.05) is 36.4 Å². The van der Waals surface area contributed by atoms with Gasteiger partial charge < -0.3 is 20.1 Å². The largest absolute Gasteiger partial charge is 0.493 e. The van der Waals surface area contributed by atoms with Crippen molar-refractivity contribution in [3.63, 3.8) is 0 Å². The third-order valence-corrected chi connectivity index (χ3v) is 5.36. The van der Waals surface area contributed by atoms with Gasteiger partial charge in [0.2, 0.25) is 0 Å². The third kappa shape index (κ3) is 5.87. The molecule has 0 fully saturated rings. The molecule has 1 heterocycles. The Morgan fingerprint density at radius 2 is 1.78 bits per heavy atom. The van der Waals surface area contributed by atoms with Crippen molar-refractivity contribution in [1.29, 1.82) is 0 Å². The predicted octanol–water partition coefficient (Wildman–Crippen LogP) is 3.29. The molecule has 2 aromatic carbocycles. The summed E-state index contributed by atoms with van der Waals surface area (Å²) >= 11 is 0. The summed E-state index contributed by atoms with van der Waals surface area (Å²) in [6.45, 7) is 7.96. The van der Waals surface area contributed by atoms with E-state index in [1.54, 1.807) is 12.1 Å². The minimum atomic E-state index is -0.986. The van der Waals surface area contributed by atoms with Gasteiger partial charge in [0.1, 0.15) is 12.3 Å². The monoisotopic (exact) mass is 438 g/mol. The van der Waals surface area contributed by atoms with E-state index in [0.29, 0.717) is 18.6 Å². The highest BCUT2D eigenvalue weighted by Crippen LogP contribution is 2.31. The van der Waals surface area contributed by atoms with Gasteiger partial charge in [-0.2, -0.15) is 0 Å². The Kier molecular flexibility index (Phi) is 7.18. The number of hydrogen-bond donors (Lipinski definition) is 2. The van der Waals surface area contributed by atoms with Crippen LogP contribution in [0.1, 0.15) is 61.6 Å².